The van der Waals surface area contributed by atoms with Crippen molar-refractivity contribution in [3.8, 4) is 0 Å². The summed E-state index contributed by atoms with van der Waals surface area (Å²) in [7, 11) is 4.26. The summed E-state index contributed by atoms with van der Waals surface area (Å²) in [6.45, 7) is 7.84. The van der Waals surface area contributed by atoms with Gasteiger partial charge < -0.3 is 10.6 Å². The van der Waals surface area contributed by atoms with Crippen LogP contribution in [-0.4, -0.2) is 49.6 Å². The number of rotatable bonds is 7. The van der Waals surface area contributed by atoms with E-state index in [4.69, 9.17) is 5.73 Å². The predicted octanol–water partition coefficient (Wildman–Crippen LogP) is 2.08. The van der Waals surface area contributed by atoms with Crippen LogP contribution in [0.25, 0.3) is 0 Å². The van der Waals surface area contributed by atoms with Crippen molar-refractivity contribution >= 4 is 5.69 Å². The zero-order valence-corrected chi connectivity index (χ0v) is 12.2. The van der Waals surface area contributed by atoms with E-state index in [0.717, 1.165) is 31.7 Å². The average Bonchev–Trinajstić information content (AvgIpc) is 2.31. The summed E-state index contributed by atoms with van der Waals surface area (Å²) in [5, 5.41) is 0. The number of anilines is 1. The first kappa shape index (κ1) is 15.0. The summed E-state index contributed by atoms with van der Waals surface area (Å²) in [4.78, 5) is 4.77. The van der Waals surface area contributed by atoms with Crippen molar-refractivity contribution in [1.29, 1.82) is 0 Å². The molecule has 3 nitrogen and oxygen atoms in total. The third kappa shape index (κ3) is 5.07. The largest absolute Gasteiger partial charge is 0.399 e. The van der Waals surface area contributed by atoms with E-state index in [1.54, 1.807) is 0 Å². The fourth-order valence-corrected chi connectivity index (χ4v) is 2.29. The molecule has 0 radical (unpaired) electrons. The Morgan fingerprint density at radius 1 is 1.17 bits per heavy atom. The number of likely N-dealkylation sites (N-methyl/N-ethyl adjacent to an activating group) is 2. The molecule has 3 heteroatoms. The molecule has 0 aliphatic rings. The molecular weight excluding hydrogens is 222 g/mol. The SMILES string of the molecule is CCN(CCc1ccc(N)cc1)C(C)CN(C)C. The normalized spacial score (nSPS) is 13.2. The third-order valence-corrected chi connectivity index (χ3v) is 3.33. The second kappa shape index (κ2) is 7.39. The first-order chi connectivity index (χ1) is 8.52. The number of hydrogen-bond acceptors (Lipinski definition) is 3. The lowest BCUT2D eigenvalue weighted by molar-refractivity contribution is 0.183. The number of hydrogen-bond donors (Lipinski definition) is 1. The summed E-state index contributed by atoms with van der Waals surface area (Å²) in [5.74, 6) is 0. The molecule has 0 amide bonds. The topological polar surface area (TPSA) is 32.5 Å². The Morgan fingerprint density at radius 2 is 1.78 bits per heavy atom. The lowest BCUT2D eigenvalue weighted by Gasteiger charge is -2.30. The molecule has 0 spiro atoms. The van der Waals surface area contributed by atoms with E-state index >= 15 is 0 Å². The highest BCUT2D eigenvalue weighted by molar-refractivity contribution is 5.39. The summed E-state index contributed by atoms with van der Waals surface area (Å²) in [5.41, 5.74) is 7.90. The molecule has 0 heterocycles. The molecule has 102 valence electrons. The minimum absolute atomic E-state index is 0.596. The smallest absolute Gasteiger partial charge is 0.0314 e. The summed E-state index contributed by atoms with van der Waals surface area (Å²) in [6, 6.07) is 8.81. The third-order valence-electron chi connectivity index (χ3n) is 3.33. The molecule has 0 saturated carbocycles. The van der Waals surface area contributed by atoms with E-state index < -0.39 is 0 Å². The summed E-state index contributed by atoms with van der Waals surface area (Å²) in [6.07, 6.45) is 1.09. The van der Waals surface area contributed by atoms with E-state index in [9.17, 15) is 0 Å². The molecular formula is C15H27N3. The van der Waals surface area contributed by atoms with Gasteiger partial charge in [-0.3, -0.25) is 4.90 Å². The van der Waals surface area contributed by atoms with Crippen LogP contribution in [0.4, 0.5) is 5.69 Å². The van der Waals surface area contributed by atoms with Gasteiger partial charge in [0.15, 0.2) is 0 Å². The van der Waals surface area contributed by atoms with Gasteiger partial charge in [0.2, 0.25) is 0 Å². The van der Waals surface area contributed by atoms with E-state index in [2.05, 4.69) is 49.9 Å². The average molecular weight is 249 g/mol. The summed E-state index contributed by atoms with van der Waals surface area (Å²) >= 11 is 0. The molecule has 2 N–H and O–H groups in total. The molecule has 0 saturated heterocycles. The molecule has 18 heavy (non-hydrogen) atoms. The van der Waals surface area contributed by atoms with Crippen LogP contribution in [0.2, 0.25) is 0 Å². The van der Waals surface area contributed by atoms with E-state index in [1.807, 2.05) is 12.1 Å². The van der Waals surface area contributed by atoms with Crippen molar-refractivity contribution in [3.05, 3.63) is 29.8 Å². The first-order valence-electron chi connectivity index (χ1n) is 6.76. The number of nitrogens with zero attached hydrogens (tertiary/aromatic N) is 2. The Labute approximate surface area is 112 Å². The van der Waals surface area contributed by atoms with E-state index in [0.29, 0.717) is 6.04 Å². The number of benzene rings is 1. The van der Waals surface area contributed by atoms with Crippen molar-refractivity contribution in [2.45, 2.75) is 26.3 Å². The highest BCUT2D eigenvalue weighted by Gasteiger charge is 2.12. The number of nitrogen functional groups attached to an aromatic ring is 1. The van der Waals surface area contributed by atoms with Gasteiger partial charge in [-0.1, -0.05) is 19.1 Å². The molecule has 0 aromatic heterocycles. The molecule has 1 atom stereocenters. The van der Waals surface area contributed by atoms with Crippen LogP contribution in [0.15, 0.2) is 24.3 Å². The fourth-order valence-electron chi connectivity index (χ4n) is 2.29. The fraction of sp³-hybridized carbons (Fsp3) is 0.600. The number of nitrogens with two attached hydrogens (primary N) is 1. The second-order valence-electron chi connectivity index (χ2n) is 5.23. The van der Waals surface area contributed by atoms with Crippen LogP contribution in [0.3, 0.4) is 0 Å². The lowest BCUT2D eigenvalue weighted by Crippen LogP contribution is -2.41. The van der Waals surface area contributed by atoms with Gasteiger partial charge in [-0.05, 0) is 51.7 Å². The molecule has 1 aromatic carbocycles. The first-order valence-corrected chi connectivity index (χ1v) is 6.76. The van der Waals surface area contributed by atoms with Crippen molar-refractivity contribution in [3.63, 3.8) is 0 Å². The van der Waals surface area contributed by atoms with Gasteiger partial charge in [-0.15, -0.1) is 0 Å². The molecule has 0 bridgehead atoms. The van der Waals surface area contributed by atoms with Gasteiger partial charge in [-0.25, -0.2) is 0 Å². The van der Waals surface area contributed by atoms with Gasteiger partial charge in [0, 0.05) is 24.8 Å². The molecule has 1 unspecified atom stereocenters. The van der Waals surface area contributed by atoms with Gasteiger partial charge in [0.05, 0.1) is 0 Å². The molecule has 0 aliphatic carbocycles. The van der Waals surface area contributed by atoms with Crippen LogP contribution in [0, 0.1) is 0 Å². The minimum Gasteiger partial charge on any atom is -0.399 e. The predicted molar refractivity (Wildman–Crippen MR) is 79.8 cm³/mol. The maximum atomic E-state index is 5.70. The highest BCUT2D eigenvalue weighted by Crippen LogP contribution is 2.08. The molecule has 0 fully saturated rings. The minimum atomic E-state index is 0.596. The van der Waals surface area contributed by atoms with E-state index in [1.165, 1.54) is 5.56 Å². The van der Waals surface area contributed by atoms with Gasteiger partial charge in [0.25, 0.3) is 0 Å². The Kier molecular flexibility index (Phi) is 6.16. The van der Waals surface area contributed by atoms with Crippen molar-refractivity contribution < 1.29 is 0 Å². The van der Waals surface area contributed by atoms with E-state index in [-0.39, 0.29) is 0 Å². The van der Waals surface area contributed by atoms with Crippen molar-refractivity contribution in [2.24, 2.45) is 0 Å². The second-order valence-corrected chi connectivity index (χ2v) is 5.23. The molecule has 0 aliphatic heterocycles. The lowest BCUT2D eigenvalue weighted by atomic mass is 10.1. The maximum absolute atomic E-state index is 5.70. The van der Waals surface area contributed by atoms with Crippen molar-refractivity contribution in [1.82, 2.24) is 9.80 Å². The quantitative estimate of drug-likeness (QED) is 0.751. The Bertz CT molecular complexity index is 332. The van der Waals surface area contributed by atoms with Crippen LogP contribution in [-0.2, 0) is 6.42 Å². The monoisotopic (exact) mass is 249 g/mol. The van der Waals surface area contributed by atoms with Gasteiger partial charge in [-0.2, -0.15) is 0 Å². The van der Waals surface area contributed by atoms with Crippen LogP contribution >= 0.6 is 0 Å². The maximum Gasteiger partial charge on any atom is 0.0314 e. The van der Waals surface area contributed by atoms with Gasteiger partial charge in [0.1, 0.15) is 0 Å². The molecule has 1 aromatic rings. The van der Waals surface area contributed by atoms with Crippen LogP contribution in [0.1, 0.15) is 19.4 Å². The highest BCUT2D eigenvalue weighted by atomic mass is 15.2. The van der Waals surface area contributed by atoms with Crippen LogP contribution in [0.5, 0.6) is 0 Å². The Hall–Kier alpha value is -1.06. The Balaban J connectivity index is 2.46. The Morgan fingerprint density at radius 3 is 2.28 bits per heavy atom. The van der Waals surface area contributed by atoms with Crippen LogP contribution < -0.4 is 5.73 Å². The zero-order valence-electron chi connectivity index (χ0n) is 12.2. The zero-order chi connectivity index (χ0) is 13.5. The standard InChI is InChI=1S/C15H27N3/c1-5-18(13(2)12-17(3)4)11-10-14-6-8-15(16)9-7-14/h6-9,13H,5,10-12,16H2,1-4H3. The summed E-state index contributed by atoms with van der Waals surface area (Å²) < 4.78 is 0. The molecule has 1 rings (SSSR count). The van der Waals surface area contributed by atoms with Gasteiger partial charge >= 0.3 is 0 Å². The van der Waals surface area contributed by atoms with Crippen molar-refractivity contribution in [2.75, 3.05) is 39.5 Å².